The Morgan fingerprint density at radius 1 is 1.00 bits per heavy atom. The van der Waals surface area contributed by atoms with Crippen molar-refractivity contribution in [1.82, 2.24) is 4.98 Å². The van der Waals surface area contributed by atoms with Gasteiger partial charge in [0.15, 0.2) is 15.4 Å². The van der Waals surface area contributed by atoms with Gasteiger partial charge in [-0.05, 0) is 61.0 Å². The largest absolute Gasteiger partial charge is 0.436 e. The van der Waals surface area contributed by atoms with Gasteiger partial charge in [0.25, 0.3) is 5.91 Å². The Kier molecular flexibility index (Phi) is 4.68. The van der Waals surface area contributed by atoms with Crippen molar-refractivity contribution in [3.8, 4) is 11.5 Å². The Morgan fingerprint density at radius 3 is 2.41 bits per heavy atom. The summed E-state index contributed by atoms with van der Waals surface area (Å²) in [5, 5.41) is 2.80. The summed E-state index contributed by atoms with van der Waals surface area (Å²) < 4.78 is 29.3. The van der Waals surface area contributed by atoms with Crippen LogP contribution in [0.25, 0.3) is 22.6 Å². The molecule has 146 valence electrons. The second-order valence-corrected chi connectivity index (χ2v) is 8.78. The number of sulfone groups is 1. The monoisotopic (exact) mass is 406 g/mol. The first-order valence-corrected chi connectivity index (χ1v) is 10.8. The van der Waals surface area contributed by atoms with Gasteiger partial charge >= 0.3 is 0 Å². The number of oxazole rings is 1. The van der Waals surface area contributed by atoms with Gasteiger partial charge in [-0.25, -0.2) is 13.4 Å². The first-order chi connectivity index (χ1) is 13.8. The molecule has 1 heterocycles. The van der Waals surface area contributed by atoms with Crippen LogP contribution in [0.4, 0.5) is 5.69 Å². The lowest BCUT2D eigenvalue weighted by atomic mass is 10.1. The summed E-state index contributed by atoms with van der Waals surface area (Å²) in [5.74, 6) is 0.128. The van der Waals surface area contributed by atoms with Gasteiger partial charge in [-0.15, -0.1) is 0 Å². The topological polar surface area (TPSA) is 89.3 Å². The van der Waals surface area contributed by atoms with Gasteiger partial charge in [-0.3, -0.25) is 4.79 Å². The summed E-state index contributed by atoms with van der Waals surface area (Å²) in [6.45, 7) is 1.76. The third-order valence-electron chi connectivity index (χ3n) is 4.57. The molecule has 0 fully saturated rings. The number of carbonyl (C=O) groups is 1. The zero-order chi connectivity index (χ0) is 20.6. The normalized spacial score (nSPS) is 11.5. The SMILES string of the molecule is Cc1ccc(S(C)(=O)=O)cc1C(=O)Nc1ccc(-c2nc3ccccc3o2)cc1. The van der Waals surface area contributed by atoms with Crippen LogP contribution in [0.2, 0.25) is 0 Å². The summed E-state index contributed by atoms with van der Waals surface area (Å²) in [7, 11) is -3.39. The van der Waals surface area contributed by atoms with Crippen molar-refractivity contribution in [3.63, 3.8) is 0 Å². The van der Waals surface area contributed by atoms with E-state index in [1.807, 2.05) is 24.3 Å². The van der Waals surface area contributed by atoms with E-state index in [9.17, 15) is 13.2 Å². The zero-order valence-corrected chi connectivity index (χ0v) is 16.7. The molecule has 0 saturated heterocycles. The molecule has 0 radical (unpaired) electrons. The van der Waals surface area contributed by atoms with Gasteiger partial charge in [-0.1, -0.05) is 18.2 Å². The van der Waals surface area contributed by atoms with E-state index in [0.717, 1.165) is 17.3 Å². The molecule has 29 heavy (non-hydrogen) atoms. The highest BCUT2D eigenvalue weighted by atomic mass is 32.2. The van der Waals surface area contributed by atoms with Crippen molar-refractivity contribution in [1.29, 1.82) is 0 Å². The summed E-state index contributed by atoms with van der Waals surface area (Å²) in [6, 6.07) is 19.1. The molecular formula is C22H18N2O4S. The molecule has 0 aliphatic carbocycles. The average molecular weight is 406 g/mol. The molecule has 0 bridgehead atoms. The molecule has 0 saturated carbocycles. The van der Waals surface area contributed by atoms with E-state index in [1.165, 1.54) is 12.1 Å². The summed E-state index contributed by atoms with van der Waals surface area (Å²) in [5.41, 5.74) is 3.87. The van der Waals surface area contributed by atoms with Crippen molar-refractivity contribution >= 4 is 32.5 Å². The Morgan fingerprint density at radius 2 is 1.72 bits per heavy atom. The number of anilines is 1. The molecule has 0 unspecified atom stereocenters. The fourth-order valence-electron chi connectivity index (χ4n) is 2.97. The van der Waals surface area contributed by atoms with Gasteiger partial charge < -0.3 is 9.73 Å². The quantitative estimate of drug-likeness (QED) is 0.540. The molecule has 0 aliphatic heterocycles. The molecular weight excluding hydrogens is 388 g/mol. The van der Waals surface area contributed by atoms with E-state index in [-0.39, 0.29) is 10.8 Å². The first kappa shape index (κ1) is 18.9. The van der Waals surface area contributed by atoms with Crippen molar-refractivity contribution in [2.75, 3.05) is 11.6 Å². The van der Waals surface area contributed by atoms with E-state index in [4.69, 9.17) is 4.42 Å². The van der Waals surface area contributed by atoms with E-state index >= 15 is 0 Å². The van der Waals surface area contributed by atoms with Crippen molar-refractivity contribution in [2.24, 2.45) is 0 Å². The number of carbonyl (C=O) groups excluding carboxylic acids is 1. The molecule has 1 aromatic heterocycles. The van der Waals surface area contributed by atoms with Crippen molar-refractivity contribution < 1.29 is 17.6 Å². The van der Waals surface area contributed by atoms with Crippen LogP contribution in [0.15, 0.2) is 76.0 Å². The minimum atomic E-state index is -3.39. The Bertz CT molecular complexity index is 1290. The van der Waals surface area contributed by atoms with Crippen molar-refractivity contribution in [3.05, 3.63) is 77.9 Å². The maximum absolute atomic E-state index is 12.6. The predicted molar refractivity (Wildman–Crippen MR) is 112 cm³/mol. The third kappa shape index (κ3) is 3.90. The Labute approximate surface area is 168 Å². The lowest BCUT2D eigenvalue weighted by molar-refractivity contribution is 0.102. The molecule has 7 heteroatoms. The fourth-order valence-corrected chi connectivity index (χ4v) is 3.61. The molecule has 1 N–H and O–H groups in total. The van der Waals surface area contributed by atoms with Gasteiger partial charge in [0.05, 0.1) is 4.90 Å². The standard InChI is InChI=1S/C22H18N2O4S/c1-14-7-12-17(29(2,26)27)13-18(14)21(25)23-16-10-8-15(9-11-16)22-24-19-5-3-4-6-20(19)28-22/h3-13H,1-2H3,(H,23,25). The van der Waals surface area contributed by atoms with Crippen LogP contribution in [-0.4, -0.2) is 25.6 Å². The number of hydrogen-bond donors (Lipinski definition) is 1. The summed E-state index contributed by atoms with van der Waals surface area (Å²) in [6.07, 6.45) is 1.12. The number of para-hydroxylation sites is 2. The molecule has 0 aliphatic rings. The molecule has 1 amide bonds. The molecule has 0 atom stereocenters. The third-order valence-corrected chi connectivity index (χ3v) is 5.68. The molecule has 4 rings (SSSR count). The fraction of sp³-hybridized carbons (Fsp3) is 0.0909. The highest BCUT2D eigenvalue weighted by Crippen LogP contribution is 2.25. The number of amides is 1. The Hall–Kier alpha value is -3.45. The first-order valence-electron chi connectivity index (χ1n) is 8.89. The highest BCUT2D eigenvalue weighted by Gasteiger charge is 2.15. The zero-order valence-electron chi connectivity index (χ0n) is 15.8. The summed E-state index contributed by atoms with van der Waals surface area (Å²) in [4.78, 5) is 17.2. The van der Waals surface area contributed by atoms with Crippen LogP contribution in [0, 0.1) is 6.92 Å². The highest BCUT2D eigenvalue weighted by molar-refractivity contribution is 7.90. The van der Waals surface area contributed by atoms with E-state index < -0.39 is 9.84 Å². The molecule has 3 aromatic carbocycles. The van der Waals surface area contributed by atoms with Crippen LogP contribution in [0.1, 0.15) is 15.9 Å². The van der Waals surface area contributed by atoms with Crippen LogP contribution >= 0.6 is 0 Å². The van der Waals surface area contributed by atoms with Crippen LogP contribution in [-0.2, 0) is 9.84 Å². The number of benzene rings is 3. The van der Waals surface area contributed by atoms with Gasteiger partial charge in [-0.2, -0.15) is 0 Å². The maximum atomic E-state index is 12.6. The minimum absolute atomic E-state index is 0.111. The number of hydrogen-bond acceptors (Lipinski definition) is 5. The van der Waals surface area contributed by atoms with Crippen LogP contribution in [0.5, 0.6) is 0 Å². The van der Waals surface area contributed by atoms with Crippen LogP contribution < -0.4 is 5.32 Å². The lowest BCUT2D eigenvalue weighted by Crippen LogP contribution is -2.14. The molecule has 6 nitrogen and oxygen atoms in total. The predicted octanol–water partition coefficient (Wildman–Crippen LogP) is 4.46. The molecule has 0 spiro atoms. The van der Waals surface area contributed by atoms with Gasteiger partial charge in [0.1, 0.15) is 5.52 Å². The average Bonchev–Trinajstić information content (AvgIpc) is 3.12. The van der Waals surface area contributed by atoms with E-state index in [0.29, 0.717) is 28.3 Å². The minimum Gasteiger partial charge on any atom is -0.436 e. The number of aryl methyl sites for hydroxylation is 1. The van der Waals surface area contributed by atoms with Crippen molar-refractivity contribution in [2.45, 2.75) is 11.8 Å². The number of nitrogens with one attached hydrogen (secondary N) is 1. The van der Waals surface area contributed by atoms with Gasteiger partial charge in [0.2, 0.25) is 5.89 Å². The summed E-state index contributed by atoms with van der Waals surface area (Å²) >= 11 is 0. The second kappa shape index (κ2) is 7.18. The lowest BCUT2D eigenvalue weighted by Gasteiger charge is -2.09. The van der Waals surface area contributed by atoms with E-state index in [2.05, 4.69) is 10.3 Å². The smallest absolute Gasteiger partial charge is 0.255 e. The Balaban J connectivity index is 1.57. The number of aromatic nitrogens is 1. The number of rotatable bonds is 4. The van der Waals surface area contributed by atoms with Gasteiger partial charge in [0, 0.05) is 23.1 Å². The molecule has 4 aromatic rings. The maximum Gasteiger partial charge on any atom is 0.255 e. The van der Waals surface area contributed by atoms with Crippen LogP contribution in [0.3, 0.4) is 0 Å². The number of nitrogens with zero attached hydrogens (tertiary/aromatic N) is 1. The number of fused-ring (bicyclic) bond motifs is 1. The van der Waals surface area contributed by atoms with E-state index in [1.54, 1.807) is 37.3 Å². The second-order valence-electron chi connectivity index (χ2n) is 6.77.